The Bertz CT molecular complexity index is 770. The van der Waals surface area contributed by atoms with E-state index in [0.29, 0.717) is 13.1 Å². The van der Waals surface area contributed by atoms with Gasteiger partial charge in [-0.25, -0.2) is 13.6 Å². The van der Waals surface area contributed by atoms with Crippen molar-refractivity contribution in [3.63, 3.8) is 0 Å². The topological polar surface area (TPSA) is 37.3 Å². The molecule has 6 heteroatoms. The van der Waals surface area contributed by atoms with E-state index < -0.39 is 17.7 Å². The lowest BCUT2D eigenvalue weighted by molar-refractivity contribution is 0.143. The van der Waals surface area contributed by atoms with Crippen LogP contribution in [0.2, 0.25) is 0 Å². The lowest BCUT2D eigenvalue weighted by Crippen LogP contribution is -2.46. The number of carbonyl (C=O) groups excluding carboxylic acids is 1. The number of nitrogens with one attached hydrogen (secondary N) is 1. The van der Waals surface area contributed by atoms with Gasteiger partial charge in [-0.2, -0.15) is 0 Å². The molecule has 1 unspecified atom stereocenters. The van der Waals surface area contributed by atoms with E-state index in [9.17, 15) is 13.6 Å². The number of rotatable bonds is 2. The second-order valence-electron chi connectivity index (χ2n) is 6.49. The summed E-state index contributed by atoms with van der Waals surface area (Å²) in [4.78, 5) is 14.4. The number of benzene rings is 1. The molecule has 1 N–H and O–H groups in total. The highest BCUT2D eigenvalue weighted by molar-refractivity contribution is 5.89. The molecule has 0 aliphatic carbocycles. The summed E-state index contributed by atoms with van der Waals surface area (Å²) in [5.41, 5.74) is 2.09. The Morgan fingerprint density at radius 2 is 1.96 bits per heavy atom. The number of urea groups is 1. The van der Waals surface area contributed by atoms with Gasteiger partial charge in [0.2, 0.25) is 0 Å². The van der Waals surface area contributed by atoms with E-state index in [0.717, 1.165) is 29.6 Å². The Labute approximate surface area is 140 Å². The van der Waals surface area contributed by atoms with Crippen molar-refractivity contribution < 1.29 is 13.6 Å². The summed E-state index contributed by atoms with van der Waals surface area (Å²) in [7, 11) is 0. The van der Waals surface area contributed by atoms with Gasteiger partial charge in [0, 0.05) is 30.5 Å². The molecule has 1 aromatic carbocycles. The molecular formula is C18H21F2N3O. The first-order valence-electron chi connectivity index (χ1n) is 8.07. The Balaban J connectivity index is 1.88. The lowest BCUT2D eigenvalue weighted by atomic mass is 9.97. The summed E-state index contributed by atoms with van der Waals surface area (Å²) in [5, 5.41) is 2.51. The maximum absolute atomic E-state index is 13.8. The second kappa shape index (κ2) is 6.26. The lowest BCUT2D eigenvalue weighted by Gasteiger charge is -2.39. The van der Waals surface area contributed by atoms with Crippen LogP contribution in [0.15, 0.2) is 30.3 Å². The zero-order valence-electron chi connectivity index (χ0n) is 14.0. The molecule has 2 amide bonds. The van der Waals surface area contributed by atoms with Crippen molar-refractivity contribution in [2.75, 3.05) is 11.9 Å². The highest BCUT2D eigenvalue weighted by Crippen LogP contribution is 2.34. The van der Waals surface area contributed by atoms with Crippen molar-refractivity contribution in [1.29, 1.82) is 0 Å². The van der Waals surface area contributed by atoms with Crippen LogP contribution < -0.4 is 5.32 Å². The van der Waals surface area contributed by atoms with Gasteiger partial charge < -0.3 is 14.8 Å². The van der Waals surface area contributed by atoms with Gasteiger partial charge in [0.1, 0.15) is 11.6 Å². The molecule has 2 heterocycles. The smallest absolute Gasteiger partial charge is 0.322 e. The van der Waals surface area contributed by atoms with Gasteiger partial charge in [0.15, 0.2) is 0 Å². The normalized spacial score (nSPS) is 17.1. The molecule has 0 fully saturated rings. The van der Waals surface area contributed by atoms with Gasteiger partial charge in [0.25, 0.3) is 0 Å². The van der Waals surface area contributed by atoms with E-state index in [2.05, 4.69) is 9.88 Å². The summed E-state index contributed by atoms with van der Waals surface area (Å²) in [6.45, 7) is 7.35. The average Bonchev–Trinajstić information content (AvgIpc) is 2.91. The predicted octanol–water partition coefficient (Wildman–Crippen LogP) is 4.32. The summed E-state index contributed by atoms with van der Waals surface area (Å²) < 4.78 is 29.3. The van der Waals surface area contributed by atoms with Gasteiger partial charge in [-0.05, 0) is 37.1 Å². The molecule has 1 aliphatic rings. The molecule has 0 radical (unpaired) electrons. The van der Waals surface area contributed by atoms with Crippen molar-refractivity contribution in [2.24, 2.45) is 5.92 Å². The minimum Gasteiger partial charge on any atom is -0.345 e. The molecule has 0 saturated carbocycles. The molecule has 128 valence electrons. The van der Waals surface area contributed by atoms with Crippen LogP contribution in [0, 0.1) is 24.5 Å². The molecular weight excluding hydrogens is 312 g/mol. The van der Waals surface area contributed by atoms with Gasteiger partial charge in [-0.15, -0.1) is 0 Å². The number of aryl methyl sites for hydroxylation is 1. The quantitative estimate of drug-likeness (QED) is 0.873. The van der Waals surface area contributed by atoms with Crippen molar-refractivity contribution in [2.45, 2.75) is 33.4 Å². The Morgan fingerprint density at radius 1 is 1.21 bits per heavy atom. The Hall–Kier alpha value is -2.37. The van der Waals surface area contributed by atoms with Crippen LogP contribution in [0.1, 0.15) is 31.3 Å². The highest BCUT2D eigenvalue weighted by atomic mass is 19.1. The monoisotopic (exact) mass is 333 g/mol. The minimum absolute atomic E-state index is 0.107. The molecule has 1 atom stereocenters. The van der Waals surface area contributed by atoms with E-state index >= 15 is 0 Å². The van der Waals surface area contributed by atoms with Crippen LogP contribution in [-0.2, 0) is 6.54 Å². The number of anilines is 1. The van der Waals surface area contributed by atoms with E-state index in [-0.39, 0.29) is 17.6 Å². The molecule has 24 heavy (non-hydrogen) atoms. The summed E-state index contributed by atoms with van der Waals surface area (Å²) in [6, 6.07) is 6.58. The Morgan fingerprint density at radius 3 is 2.67 bits per heavy atom. The molecule has 1 aliphatic heterocycles. The third kappa shape index (κ3) is 2.88. The van der Waals surface area contributed by atoms with Crippen LogP contribution in [0.5, 0.6) is 0 Å². The molecule has 0 bridgehead atoms. The maximum atomic E-state index is 13.8. The van der Waals surface area contributed by atoms with E-state index in [1.807, 2.05) is 32.9 Å². The number of nitrogens with zero attached hydrogens (tertiary/aromatic N) is 2. The highest BCUT2D eigenvalue weighted by Gasteiger charge is 2.34. The molecule has 2 aromatic rings. The van der Waals surface area contributed by atoms with Crippen molar-refractivity contribution in [1.82, 2.24) is 9.47 Å². The number of amides is 2. The first-order valence-corrected chi connectivity index (χ1v) is 8.07. The third-order valence-corrected chi connectivity index (χ3v) is 4.50. The molecule has 3 rings (SSSR count). The molecule has 4 nitrogen and oxygen atoms in total. The van der Waals surface area contributed by atoms with Gasteiger partial charge in [0.05, 0.1) is 11.7 Å². The standard InChI is InChI=1S/C18H21F2N3O/c1-11(2)17-16-7-4-12(3)22(16)8-9-23(17)18(24)21-15-10-13(19)5-6-14(15)20/h4-7,10-11,17H,8-9H2,1-3H3,(H,21,24). The number of hydrogen-bond donors (Lipinski definition) is 1. The van der Waals surface area contributed by atoms with Gasteiger partial charge >= 0.3 is 6.03 Å². The van der Waals surface area contributed by atoms with E-state index in [1.54, 1.807) is 4.90 Å². The first kappa shape index (κ1) is 16.5. The van der Waals surface area contributed by atoms with Crippen LogP contribution >= 0.6 is 0 Å². The number of halogens is 2. The van der Waals surface area contributed by atoms with Crippen LogP contribution in [0.25, 0.3) is 0 Å². The summed E-state index contributed by atoms with van der Waals surface area (Å²) in [5.74, 6) is -1.04. The minimum atomic E-state index is -0.651. The zero-order chi connectivity index (χ0) is 17.4. The van der Waals surface area contributed by atoms with E-state index in [4.69, 9.17) is 0 Å². The van der Waals surface area contributed by atoms with Crippen molar-refractivity contribution in [3.05, 3.63) is 53.4 Å². The number of hydrogen-bond acceptors (Lipinski definition) is 1. The SMILES string of the molecule is Cc1ccc2n1CCN(C(=O)Nc1cc(F)ccc1F)C2C(C)C. The Kier molecular flexibility index (Phi) is 4.30. The fourth-order valence-corrected chi connectivity index (χ4v) is 3.37. The molecule has 0 saturated heterocycles. The van der Waals surface area contributed by atoms with Crippen molar-refractivity contribution >= 4 is 11.7 Å². The summed E-state index contributed by atoms with van der Waals surface area (Å²) in [6.07, 6.45) is 0. The molecule has 1 aromatic heterocycles. The van der Waals surface area contributed by atoms with Crippen LogP contribution in [-0.4, -0.2) is 22.0 Å². The van der Waals surface area contributed by atoms with Crippen LogP contribution in [0.3, 0.4) is 0 Å². The fraction of sp³-hybridized carbons (Fsp3) is 0.389. The van der Waals surface area contributed by atoms with Gasteiger partial charge in [-0.3, -0.25) is 0 Å². The number of fused-ring (bicyclic) bond motifs is 1. The first-order chi connectivity index (χ1) is 11.4. The number of carbonyl (C=O) groups is 1. The predicted molar refractivity (Wildman–Crippen MR) is 88.8 cm³/mol. The van der Waals surface area contributed by atoms with Crippen LogP contribution in [0.4, 0.5) is 19.3 Å². The van der Waals surface area contributed by atoms with Gasteiger partial charge in [-0.1, -0.05) is 13.8 Å². The molecule has 0 spiro atoms. The summed E-state index contributed by atoms with van der Waals surface area (Å²) >= 11 is 0. The fourth-order valence-electron chi connectivity index (χ4n) is 3.37. The van der Waals surface area contributed by atoms with E-state index in [1.165, 1.54) is 0 Å². The third-order valence-electron chi connectivity index (χ3n) is 4.50. The largest absolute Gasteiger partial charge is 0.345 e. The second-order valence-corrected chi connectivity index (χ2v) is 6.49. The average molecular weight is 333 g/mol. The van der Waals surface area contributed by atoms with Crippen molar-refractivity contribution in [3.8, 4) is 0 Å². The zero-order valence-corrected chi connectivity index (χ0v) is 14.0. The number of aromatic nitrogens is 1. The maximum Gasteiger partial charge on any atom is 0.322 e.